The minimum atomic E-state index is 0.193. The first-order chi connectivity index (χ1) is 23.1. The highest BCUT2D eigenvalue weighted by Crippen LogP contribution is 2.38. The molecule has 2 aromatic heterocycles. The molecule has 0 saturated carbocycles. The molecule has 47 heavy (non-hydrogen) atoms. The van der Waals surface area contributed by atoms with Crippen LogP contribution in [0.15, 0.2) is 48.5 Å². The number of halogens is 1. The predicted molar refractivity (Wildman–Crippen MR) is 174 cm³/mol. The van der Waals surface area contributed by atoms with Crippen LogP contribution in [0.3, 0.4) is 0 Å². The van der Waals surface area contributed by atoms with Gasteiger partial charge in [0, 0.05) is 47.6 Å². The summed E-state index contributed by atoms with van der Waals surface area (Å²) in [7, 11) is 0. The number of rotatable bonds is 11. The van der Waals surface area contributed by atoms with E-state index in [9.17, 15) is 4.79 Å². The van der Waals surface area contributed by atoms with Gasteiger partial charge in [0.15, 0.2) is 0 Å². The van der Waals surface area contributed by atoms with Crippen molar-refractivity contribution in [3.05, 3.63) is 87.3 Å². The maximum Gasteiger partial charge on any atom is 0.293 e. The van der Waals surface area contributed by atoms with Crippen LogP contribution in [-0.4, -0.2) is 71.5 Å². The third-order valence-electron chi connectivity index (χ3n) is 10.1. The fraction of sp³-hybridized carbons (Fsp3) is 0.472. The van der Waals surface area contributed by atoms with Crippen LogP contribution in [0, 0.1) is 5.92 Å². The van der Waals surface area contributed by atoms with E-state index >= 15 is 0 Å². The van der Waals surface area contributed by atoms with E-state index in [4.69, 9.17) is 45.3 Å². The maximum atomic E-state index is 10.8. The molecule has 8 rings (SSSR count). The molecule has 4 aliphatic heterocycles. The summed E-state index contributed by atoms with van der Waals surface area (Å²) in [6.45, 7) is 7.99. The highest BCUT2D eigenvalue weighted by atomic mass is 35.5. The lowest BCUT2D eigenvalue weighted by molar-refractivity contribution is -0.129. The fourth-order valence-electron chi connectivity index (χ4n) is 7.22. The average Bonchev–Trinajstić information content (AvgIpc) is 3.25. The monoisotopic (exact) mass is 658 g/mol. The van der Waals surface area contributed by atoms with Crippen LogP contribution in [0.4, 0.5) is 0 Å². The molecule has 246 valence electrons. The van der Waals surface area contributed by atoms with Crippen molar-refractivity contribution in [3.8, 4) is 5.88 Å². The van der Waals surface area contributed by atoms with Crippen LogP contribution in [0.2, 0.25) is 5.02 Å². The van der Waals surface area contributed by atoms with Crippen molar-refractivity contribution in [3.63, 3.8) is 0 Å². The SMILES string of the molecule is O=COCc1ccc2nc(CN3CCC4c5nc(OCc6ccc(C7COC7)cc6Cl)ccc5COCC4C3)n(C[C@@H]3CCO3)c2c1. The number of aromatic nitrogens is 3. The van der Waals surface area contributed by atoms with Gasteiger partial charge in [0.2, 0.25) is 5.88 Å². The molecule has 0 amide bonds. The summed E-state index contributed by atoms with van der Waals surface area (Å²) in [6, 6.07) is 16.3. The summed E-state index contributed by atoms with van der Waals surface area (Å²) in [5.41, 5.74) is 7.32. The molecular weight excluding hydrogens is 620 g/mol. The third kappa shape index (κ3) is 6.49. The largest absolute Gasteiger partial charge is 0.473 e. The normalized spacial score (nSPS) is 22.9. The Morgan fingerprint density at radius 2 is 1.91 bits per heavy atom. The topological polar surface area (TPSA) is 97.2 Å². The molecule has 3 atom stereocenters. The first kappa shape index (κ1) is 30.8. The molecule has 2 aromatic carbocycles. The molecule has 6 heterocycles. The molecule has 2 unspecified atom stereocenters. The number of carbonyl (C=O) groups excluding carboxylic acids is 1. The molecule has 10 nitrogen and oxygen atoms in total. The molecule has 0 bridgehead atoms. The molecule has 4 aliphatic rings. The van der Waals surface area contributed by atoms with Crippen LogP contribution in [0.1, 0.15) is 58.4 Å². The van der Waals surface area contributed by atoms with E-state index in [2.05, 4.69) is 27.7 Å². The zero-order chi connectivity index (χ0) is 31.7. The molecule has 0 N–H and O–H groups in total. The van der Waals surface area contributed by atoms with Crippen LogP contribution in [0.5, 0.6) is 5.88 Å². The first-order valence-corrected chi connectivity index (χ1v) is 16.9. The molecular formula is C36H39ClN4O6. The lowest BCUT2D eigenvalue weighted by Gasteiger charge is -2.37. The van der Waals surface area contributed by atoms with Gasteiger partial charge in [-0.15, -0.1) is 0 Å². The van der Waals surface area contributed by atoms with Crippen molar-refractivity contribution >= 4 is 29.1 Å². The van der Waals surface area contributed by atoms with Crippen molar-refractivity contribution in [1.29, 1.82) is 0 Å². The van der Waals surface area contributed by atoms with Gasteiger partial charge in [0.05, 0.1) is 62.3 Å². The second kappa shape index (κ2) is 13.5. The highest BCUT2D eigenvalue weighted by molar-refractivity contribution is 6.31. The van der Waals surface area contributed by atoms with Crippen molar-refractivity contribution in [2.24, 2.45) is 5.92 Å². The van der Waals surface area contributed by atoms with E-state index in [1.165, 1.54) is 5.56 Å². The smallest absolute Gasteiger partial charge is 0.293 e. The third-order valence-corrected chi connectivity index (χ3v) is 10.4. The maximum absolute atomic E-state index is 10.8. The predicted octanol–water partition coefficient (Wildman–Crippen LogP) is 5.38. The van der Waals surface area contributed by atoms with E-state index in [1.54, 1.807) is 0 Å². The first-order valence-electron chi connectivity index (χ1n) is 16.5. The quantitative estimate of drug-likeness (QED) is 0.197. The minimum Gasteiger partial charge on any atom is -0.473 e. The minimum absolute atomic E-state index is 0.193. The van der Waals surface area contributed by atoms with Gasteiger partial charge in [-0.05, 0) is 60.3 Å². The number of fused-ring (bicyclic) bond motifs is 4. The number of benzene rings is 2. The molecule has 0 radical (unpaired) electrons. The van der Waals surface area contributed by atoms with E-state index in [1.807, 2.05) is 30.3 Å². The zero-order valence-electron chi connectivity index (χ0n) is 26.3. The molecule has 3 saturated heterocycles. The second-order valence-corrected chi connectivity index (χ2v) is 13.5. The molecule has 3 fully saturated rings. The summed E-state index contributed by atoms with van der Waals surface area (Å²) >= 11 is 6.62. The van der Waals surface area contributed by atoms with Gasteiger partial charge >= 0.3 is 0 Å². The lowest BCUT2D eigenvalue weighted by atomic mass is 9.82. The van der Waals surface area contributed by atoms with Crippen molar-refractivity contribution < 1.29 is 28.5 Å². The molecule has 0 aliphatic carbocycles. The molecule has 11 heteroatoms. The van der Waals surface area contributed by atoms with E-state index < -0.39 is 0 Å². The molecule has 4 aromatic rings. The number of carbonyl (C=O) groups is 1. The van der Waals surface area contributed by atoms with Crippen LogP contribution in [-0.2, 0) is 56.7 Å². The summed E-state index contributed by atoms with van der Waals surface area (Å²) < 4.78 is 30.9. The van der Waals surface area contributed by atoms with E-state index in [0.717, 1.165) is 98.1 Å². The van der Waals surface area contributed by atoms with Gasteiger partial charge in [-0.2, -0.15) is 0 Å². The number of pyridine rings is 1. The Kier molecular flexibility index (Phi) is 8.86. The Morgan fingerprint density at radius 3 is 2.70 bits per heavy atom. The van der Waals surface area contributed by atoms with Crippen LogP contribution < -0.4 is 4.74 Å². The van der Waals surface area contributed by atoms with Gasteiger partial charge in [0.1, 0.15) is 19.0 Å². The van der Waals surface area contributed by atoms with Gasteiger partial charge in [-0.3, -0.25) is 9.69 Å². The summed E-state index contributed by atoms with van der Waals surface area (Å²) in [4.78, 5) is 23.4. The fourth-order valence-corrected chi connectivity index (χ4v) is 7.46. The zero-order valence-corrected chi connectivity index (χ0v) is 27.1. The van der Waals surface area contributed by atoms with Gasteiger partial charge in [-0.25, -0.2) is 9.97 Å². The number of hydrogen-bond acceptors (Lipinski definition) is 9. The van der Waals surface area contributed by atoms with Crippen LogP contribution >= 0.6 is 11.6 Å². The Hall–Kier alpha value is -3.54. The second-order valence-electron chi connectivity index (χ2n) is 13.1. The van der Waals surface area contributed by atoms with E-state index in [-0.39, 0.29) is 12.7 Å². The number of likely N-dealkylation sites (tertiary alicyclic amines) is 1. The van der Waals surface area contributed by atoms with Crippen molar-refractivity contribution in [2.45, 2.75) is 63.7 Å². The average molecular weight is 659 g/mol. The lowest BCUT2D eigenvalue weighted by Crippen LogP contribution is -2.41. The Bertz CT molecular complexity index is 1760. The van der Waals surface area contributed by atoms with Crippen LogP contribution in [0.25, 0.3) is 11.0 Å². The number of ether oxygens (including phenoxy) is 5. The summed E-state index contributed by atoms with van der Waals surface area (Å²) in [5, 5.41) is 0.714. The standard InChI is InChI=1S/C36H39ClN4O6/c37-31-12-24(28-19-44-20-28)2-3-25(31)21-47-35-6-4-26-17-43-18-27-13-40(9-7-30(27)36(26)39-35)15-34-38-32-5-1-23(16-45-22-42)11-33(32)41(34)14-29-8-10-46-29/h1-6,11-12,22,27-30H,7-10,13-21H2/t27?,29-,30?/m0/s1. The number of imidazole rings is 1. The Balaban J connectivity index is 0.965. The highest BCUT2D eigenvalue weighted by Gasteiger charge is 2.36. The summed E-state index contributed by atoms with van der Waals surface area (Å²) in [5.74, 6) is 2.68. The van der Waals surface area contributed by atoms with Gasteiger partial charge in [0.25, 0.3) is 6.47 Å². The summed E-state index contributed by atoms with van der Waals surface area (Å²) in [6.07, 6.45) is 2.22. The van der Waals surface area contributed by atoms with E-state index in [0.29, 0.717) is 54.9 Å². The Morgan fingerprint density at radius 1 is 1.00 bits per heavy atom. The number of piperidine rings is 1. The number of hydrogen-bond donors (Lipinski definition) is 0. The van der Waals surface area contributed by atoms with Crippen molar-refractivity contribution in [2.75, 3.05) is 39.5 Å². The van der Waals surface area contributed by atoms with Gasteiger partial charge in [-0.1, -0.05) is 29.8 Å². The Labute approximate surface area is 278 Å². The van der Waals surface area contributed by atoms with Crippen molar-refractivity contribution in [1.82, 2.24) is 19.4 Å². The number of nitrogens with zero attached hydrogens (tertiary/aromatic N) is 4. The van der Waals surface area contributed by atoms with Gasteiger partial charge < -0.3 is 28.3 Å². The molecule has 0 spiro atoms.